The fourth-order valence-corrected chi connectivity index (χ4v) is 2.30. The summed E-state index contributed by atoms with van der Waals surface area (Å²) in [4.78, 5) is 4.22. The third-order valence-electron chi connectivity index (χ3n) is 1.67. The molecule has 0 N–H and O–H groups in total. The molecule has 2 aromatic heterocycles. The molecule has 0 fully saturated rings. The molecule has 0 radical (unpaired) electrons. The number of hydrogen-bond donors (Lipinski definition) is 0. The van der Waals surface area contributed by atoms with Crippen LogP contribution in [0.1, 0.15) is 11.5 Å². The van der Waals surface area contributed by atoms with Crippen molar-refractivity contribution < 1.29 is 4.42 Å². The standard InChI is InChI=1S/C8H7BrN2OS/c1-4-3-6(5(2)12-4)7-10-8(9)11-13-7/h3H,1-2H3. The maximum absolute atomic E-state index is 5.40. The fraction of sp³-hybridized carbons (Fsp3) is 0.250. The van der Waals surface area contributed by atoms with Crippen molar-refractivity contribution in [3.63, 3.8) is 0 Å². The molecule has 68 valence electrons. The van der Waals surface area contributed by atoms with Crippen molar-refractivity contribution in [3.05, 3.63) is 22.3 Å². The quantitative estimate of drug-likeness (QED) is 0.789. The summed E-state index contributed by atoms with van der Waals surface area (Å²) in [7, 11) is 0. The van der Waals surface area contributed by atoms with E-state index in [-0.39, 0.29) is 0 Å². The van der Waals surface area contributed by atoms with E-state index in [2.05, 4.69) is 25.3 Å². The number of nitrogens with zero attached hydrogens (tertiary/aromatic N) is 2. The molecule has 0 unspecified atom stereocenters. The second-order valence-corrected chi connectivity index (χ2v) is 4.16. The van der Waals surface area contributed by atoms with E-state index in [1.54, 1.807) is 0 Å². The summed E-state index contributed by atoms with van der Waals surface area (Å²) in [6, 6.07) is 1.97. The zero-order valence-corrected chi connectivity index (χ0v) is 9.57. The molecule has 0 aliphatic carbocycles. The van der Waals surface area contributed by atoms with Crippen LogP contribution in [-0.2, 0) is 0 Å². The average Bonchev–Trinajstić information content (AvgIpc) is 2.58. The van der Waals surface area contributed by atoms with Gasteiger partial charge in [-0.1, -0.05) is 0 Å². The normalized spacial score (nSPS) is 10.7. The lowest BCUT2D eigenvalue weighted by Crippen LogP contribution is -1.74. The second kappa shape index (κ2) is 3.23. The monoisotopic (exact) mass is 258 g/mol. The summed E-state index contributed by atoms with van der Waals surface area (Å²) >= 11 is 4.58. The molecule has 0 spiro atoms. The van der Waals surface area contributed by atoms with E-state index in [9.17, 15) is 0 Å². The van der Waals surface area contributed by atoms with E-state index in [0.717, 1.165) is 22.1 Å². The molecule has 0 amide bonds. The van der Waals surface area contributed by atoms with Crippen LogP contribution in [0, 0.1) is 13.8 Å². The Labute approximate surface area is 88.1 Å². The third-order valence-corrected chi connectivity index (χ3v) is 3.01. The molecule has 0 aromatic carbocycles. The summed E-state index contributed by atoms with van der Waals surface area (Å²) in [6.07, 6.45) is 0. The third kappa shape index (κ3) is 1.66. The van der Waals surface area contributed by atoms with Crippen LogP contribution in [0.15, 0.2) is 15.2 Å². The highest BCUT2D eigenvalue weighted by molar-refractivity contribution is 9.10. The van der Waals surface area contributed by atoms with Gasteiger partial charge in [-0.2, -0.15) is 4.37 Å². The molecule has 0 bridgehead atoms. The second-order valence-electron chi connectivity index (χ2n) is 2.70. The van der Waals surface area contributed by atoms with Crippen molar-refractivity contribution in [2.24, 2.45) is 0 Å². The molecule has 3 nitrogen and oxygen atoms in total. The first-order valence-electron chi connectivity index (χ1n) is 3.73. The van der Waals surface area contributed by atoms with Crippen molar-refractivity contribution >= 4 is 27.5 Å². The Morgan fingerprint density at radius 3 is 2.69 bits per heavy atom. The van der Waals surface area contributed by atoms with Gasteiger partial charge in [-0.3, -0.25) is 0 Å². The predicted octanol–water partition coefficient (Wildman–Crippen LogP) is 3.18. The lowest BCUT2D eigenvalue weighted by atomic mass is 10.2. The fourth-order valence-electron chi connectivity index (χ4n) is 1.16. The topological polar surface area (TPSA) is 38.9 Å². The maximum atomic E-state index is 5.40. The molecule has 5 heteroatoms. The Kier molecular flexibility index (Phi) is 2.21. The molecule has 2 rings (SSSR count). The lowest BCUT2D eigenvalue weighted by Gasteiger charge is -1.88. The van der Waals surface area contributed by atoms with Crippen LogP contribution in [0.2, 0.25) is 0 Å². The number of rotatable bonds is 1. The van der Waals surface area contributed by atoms with Gasteiger partial charge in [0.25, 0.3) is 0 Å². The molecular formula is C8H7BrN2OS. The van der Waals surface area contributed by atoms with Crippen LogP contribution in [0.25, 0.3) is 10.6 Å². The molecule has 2 heterocycles. The first-order chi connectivity index (χ1) is 6.16. The zero-order valence-electron chi connectivity index (χ0n) is 7.17. The molecule has 0 aliphatic rings. The average molecular weight is 259 g/mol. The van der Waals surface area contributed by atoms with Crippen LogP contribution < -0.4 is 0 Å². The van der Waals surface area contributed by atoms with Crippen LogP contribution in [-0.4, -0.2) is 9.36 Å². The van der Waals surface area contributed by atoms with Crippen molar-refractivity contribution in [1.29, 1.82) is 0 Å². The summed E-state index contributed by atoms with van der Waals surface area (Å²) in [6.45, 7) is 3.85. The Bertz CT molecular complexity index is 435. The number of furan rings is 1. The van der Waals surface area contributed by atoms with Crippen LogP contribution in [0.3, 0.4) is 0 Å². The molecule has 0 aliphatic heterocycles. The van der Waals surface area contributed by atoms with E-state index < -0.39 is 0 Å². The predicted molar refractivity (Wildman–Crippen MR) is 54.8 cm³/mol. The van der Waals surface area contributed by atoms with Gasteiger partial charge in [-0.05, 0) is 47.4 Å². The van der Waals surface area contributed by atoms with Crippen molar-refractivity contribution in [3.8, 4) is 10.6 Å². The summed E-state index contributed by atoms with van der Waals surface area (Å²) in [5, 5.41) is 0.890. The highest BCUT2D eigenvalue weighted by Crippen LogP contribution is 2.28. The SMILES string of the molecule is Cc1cc(-c2nc(Br)ns2)c(C)o1. The van der Waals surface area contributed by atoms with Gasteiger partial charge in [0.2, 0.25) is 4.73 Å². The van der Waals surface area contributed by atoms with E-state index in [1.165, 1.54) is 11.5 Å². The van der Waals surface area contributed by atoms with Gasteiger partial charge in [0.15, 0.2) is 0 Å². The molecule has 13 heavy (non-hydrogen) atoms. The van der Waals surface area contributed by atoms with Crippen LogP contribution in [0.5, 0.6) is 0 Å². The van der Waals surface area contributed by atoms with Gasteiger partial charge in [-0.25, -0.2) is 4.98 Å². The number of aromatic nitrogens is 2. The van der Waals surface area contributed by atoms with Crippen LogP contribution in [0.4, 0.5) is 0 Å². The summed E-state index contributed by atoms with van der Waals surface area (Å²) in [5.41, 5.74) is 1.03. The van der Waals surface area contributed by atoms with Gasteiger partial charge >= 0.3 is 0 Å². The molecular weight excluding hydrogens is 252 g/mol. The Morgan fingerprint density at radius 1 is 1.46 bits per heavy atom. The lowest BCUT2D eigenvalue weighted by molar-refractivity contribution is 0.505. The molecule has 0 saturated carbocycles. The van der Waals surface area contributed by atoms with Gasteiger partial charge in [-0.15, -0.1) is 0 Å². The van der Waals surface area contributed by atoms with Crippen molar-refractivity contribution in [2.45, 2.75) is 13.8 Å². The maximum Gasteiger partial charge on any atom is 0.209 e. The van der Waals surface area contributed by atoms with Crippen molar-refractivity contribution in [1.82, 2.24) is 9.36 Å². The Balaban J connectivity index is 2.51. The first-order valence-corrected chi connectivity index (χ1v) is 5.30. The van der Waals surface area contributed by atoms with Gasteiger partial charge < -0.3 is 4.42 Å². The molecule has 0 saturated heterocycles. The Hall–Kier alpha value is -0.680. The smallest absolute Gasteiger partial charge is 0.209 e. The zero-order chi connectivity index (χ0) is 9.42. The minimum atomic E-state index is 0.630. The van der Waals surface area contributed by atoms with E-state index in [4.69, 9.17) is 4.42 Å². The van der Waals surface area contributed by atoms with Crippen LogP contribution >= 0.6 is 27.5 Å². The van der Waals surface area contributed by atoms with Crippen molar-refractivity contribution in [2.75, 3.05) is 0 Å². The number of hydrogen-bond acceptors (Lipinski definition) is 4. The minimum absolute atomic E-state index is 0.630. The first kappa shape index (κ1) is 8.90. The summed E-state index contributed by atoms with van der Waals surface area (Å²) < 4.78 is 10.1. The number of aryl methyl sites for hydroxylation is 2. The highest BCUT2D eigenvalue weighted by atomic mass is 79.9. The van der Waals surface area contributed by atoms with E-state index in [1.807, 2.05) is 19.9 Å². The minimum Gasteiger partial charge on any atom is -0.466 e. The van der Waals surface area contributed by atoms with E-state index >= 15 is 0 Å². The van der Waals surface area contributed by atoms with Gasteiger partial charge in [0.1, 0.15) is 16.5 Å². The van der Waals surface area contributed by atoms with Gasteiger partial charge in [0, 0.05) is 0 Å². The van der Waals surface area contributed by atoms with Gasteiger partial charge in [0.05, 0.1) is 5.56 Å². The number of halogens is 1. The Morgan fingerprint density at radius 2 is 2.23 bits per heavy atom. The summed E-state index contributed by atoms with van der Waals surface area (Å²) in [5.74, 6) is 1.79. The largest absolute Gasteiger partial charge is 0.466 e. The molecule has 2 aromatic rings. The molecule has 0 atom stereocenters. The van der Waals surface area contributed by atoms with E-state index in [0.29, 0.717) is 4.73 Å². The highest BCUT2D eigenvalue weighted by Gasteiger charge is 2.11.